The fourth-order valence-corrected chi connectivity index (χ4v) is 3.03. The van der Waals surface area contributed by atoms with Gasteiger partial charge in [0.1, 0.15) is 36.6 Å². The standard InChI is InChI=1S/C15H26N2O11/c1-5-8(20)9(21)7(17-6(2)19)13(26-5)27-12-10(22)11(23)14(25-4-18)28-15(12)24-3-16/h4-5,7-15,20-23H,3,16H2,1-2H3,(H,17,19)/t5?,7?,8-,9-,10+,11+,12?,13+,14?,15-/m1/s1. The molecule has 10 atom stereocenters. The van der Waals surface area contributed by atoms with E-state index in [4.69, 9.17) is 24.7 Å². The van der Waals surface area contributed by atoms with Crippen molar-refractivity contribution in [3.8, 4) is 0 Å². The molecule has 2 aliphatic rings. The summed E-state index contributed by atoms with van der Waals surface area (Å²) in [6.07, 6.45) is -12.7. The third kappa shape index (κ3) is 4.94. The van der Waals surface area contributed by atoms with E-state index in [1.165, 1.54) is 13.8 Å². The molecular formula is C15H26N2O11. The quantitative estimate of drug-likeness (QED) is 0.175. The van der Waals surface area contributed by atoms with Gasteiger partial charge in [0.05, 0.1) is 12.8 Å². The summed E-state index contributed by atoms with van der Waals surface area (Å²) < 4.78 is 26.1. The van der Waals surface area contributed by atoms with Crippen molar-refractivity contribution in [1.29, 1.82) is 0 Å². The molecule has 0 saturated carbocycles. The Kier molecular flexibility index (Phi) is 8.06. The van der Waals surface area contributed by atoms with Crippen LogP contribution in [0.5, 0.6) is 0 Å². The molecule has 13 heteroatoms. The van der Waals surface area contributed by atoms with Gasteiger partial charge in [0.2, 0.25) is 12.2 Å². The molecule has 0 spiro atoms. The molecule has 0 aliphatic carbocycles. The van der Waals surface area contributed by atoms with Gasteiger partial charge in [-0.3, -0.25) is 9.59 Å². The third-order valence-electron chi connectivity index (χ3n) is 4.45. The first-order valence-electron chi connectivity index (χ1n) is 8.57. The second kappa shape index (κ2) is 9.87. The zero-order chi connectivity index (χ0) is 21.0. The molecule has 2 aliphatic heterocycles. The normalized spacial score (nSPS) is 44.0. The highest BCUT2D eigenvalue weighted by Crippen LogP contribution is 2.29. The lowest BCUT2D eigenvalue weighted by Gasteiger charge is -2.46. The highest BCUT2D eigenvalue weighted by molar-refractivity contribution is 5.73. The van der Waals surface area contributed by atoms with Crippen molar-refractivity contribution in [2.75, 3.05) is 6.73 Å². The van der Waals surface area contributed by atoms with Gasteiger partial charge in [-0.1, -0.05) is 0 Å². The highest BCUT2D eigenvalue weighted by Gasteiger charge is 2.51. The maximum absolute atomic E-state index is 11.5. The fourth-order valence-electron chi connectivity index (χ4n) is 3.03. The minimum atomic E-state index is -1.69. The van der Waals surface area contributed by atoms with Crippen LogP contribution in [0.25, 0.3) is 0 Å². The number of carbonyl (C=O) groups excluding carboxylic acids is 2. The predicted molar refractivity (Wildman–Crippen MR) is 86.8 cm³/mol. The van der Waals surface area contributed by atoms with Crippen LogP contribution in [0.2, 0.25) is 0 Å². The molecule has 2 rings (SSSR count). The van der Waals surface area contributed by atoms with E-state index in [9.17, 15) is 30.0 Å². The van der Waals surface area contributed by atoms with Crippen molar-refractivity contribution >= 4 is 12.4 Å². The first-order chi connectivity index (χ1) is 13.2. The molecule has 2 fully saturated rings. The van der Waals surface area contributed by atoms with Crippen LogP contribution in [-0.4, -0.2) is 101 Å². The number of carbonyl (C=O) groups is 2. The molecule has 2 saturated heterocycles. The summed E-state index contributed by atoms with van der Waals surface area (Å²) in [7, 11) is 0. The van der Waals surface area contributed by atoms with Crippen molar-refractivity contribution < 1.29 is 53.7 Å². The molecule has 13 nitrogen and oxygen atoms in total. The Hall–Kier alpha value is -1.42. The number of hydrogen-bond acceptors (Lipinski definition) is 12. The largest absolute Gasteiger partial charge is 0.435 e. The number of nitrogens with two attached hydrogens (primary N) is 1. The maximum atomic E-state index is 11.5. The summed E-state index contributed by atoms with van der Waals surface area (Å²) in [5, 5.41) is 43.1. The van der Waals surface area contributed by atoms with Gasteiger partial charge in [0, 0.05) is 6.92 Å². The molecule has 28 heavy (non-hydrogen) atoms. The van der Waals surface area contributed by atoms with Crippen LogP contribution < -0.4 is 11.1 Å². The van der Waals surface area contributed by atoms with Crippen molar-refractivity contribution in [3.63, 3.8) is 0 Å². The van der Waals surface area contributed by atoms with E-state index in [0.717, 1.165) is 0 Å². The Morgan fingerprint density at radius 2 is 1.75 bits per heavy atom. The van der Waals surface area contributed by atoms with E-state index < -0.39 is 67.4 Å². The second-order valence-electron chi connectivity index (χ2n) is 6.44. The van der Waals surface area contributed by atoms with Crippen molar-refractivity contribution in [2.24, 2.45) is 5.73 Å². The summed E-state index contributed by atoms with van der Waals surface area (Å²) in [6.45, 7) is 2.33. The smallest absolute Gasteiger partial charge is 0.295 e. The number of nitrogens with one attached hydrogen (secondary N) is 1. The summed E-state index contributed by atoms with van der Waals surface area (Å²) in [5.74, 6) is -0.530. The molecule has 162 valence electrons. The number of hydrogen-bond donors (Lipinski definition) is 6. The second-order valence-corrected chi connectivity index (χ2v) is 6.44. The fraction of sp³-hybridized carbons (Fsp3) is 0.867. The Morgan fingerprint density at radius 1 is 1.07 bits per heavy atom. The van der Waals surface area contributed by atoms with E-state index in [0.29, 0.717) is 0 Å². The Morgan fingerprint density at radius 3 is 2.32 bits per heavy atom. The maximum Gasteiger partial charge on any atom is 0.295 e. The topological polar surface area (TPSA) is 199 Å². The minimum Gasteiger partial charge on any atom is -0.435 e. The number of amides is 1. The van der Waals surface area contributed by atoms with E-state index in [2.05, 4.69) is 10.1 Å². The summed E-state index contributed by atoms with van der Waals surface area (Å²) in [4.78, 5) is 22.0. The van der Waals surface area contributed by atoms with Crippen molar-refractivity contribution in [1.82, 2.24) is 5.32 Å². The van der Waals surface area contributed by atoms with Crippen LogP contribution in [0.3, 0.4) is 0 Å². The van der Waals surface area contributed by atoms with Crippen LogP contribution in [0.1, 0.15) is 13.8 Å². The van der Waals surface area contributed by atoms with Gasteiger partial charge in [0.25, 0.3) is 6.47 Å². The molecule has 0 radical (unpaired) electrons. The summed E-state index contributed by atoms with van der Waals surface area (Å²) in [5.41, 5.74) is 5.34. The zero-order valence-corrected chi connectivity index (χ0v) is 15.3. The third-order valence-corrected chi connectivity index (χ3v) is 4.45. The number of rotatable bonds is 7. The first-order valence-corrected chi connectivity index (χ1v) is 8.57. The molecule has 4 unspecified atom stereocenters. The van der Waals surface area contributed by atoms with Gasteiger partial charge in [-0.05, 0) is 6.92 Å². The van der Waals surface area contributed by atoms with Crippen LogP contribution in [0.4, 0.5) is 0 Å². The number of aliphatic hydroxyl groups is 4. The monoisotopic (exact) mass is 410 g/mol. The highest BCUT2D eigenvalue weighted by atomic mass is 16.8. The lowest BCUT2D eigenvalue weighted by atomic mass is 9.97. The first kappa shape index (κ1) is 22.9. The molecule has 0 aromatic carbocycles. The van der Waals surface area contributed by atoms with Crippen LogP contribution >= 0.6 is 0 Å². The van der Waals surface area contributed by atoms with Crippen LogP contribution in [0, 0.1) is 0 Å². The van der Waals surface area contributed by atoms with Crippen LogP contribution in [-0.2, 0) is 33.3 Å². The van der Waals surface area contributed by atoms with E-state index >= 15 is 0 Å². The molecular weight excluding hydrogens is 384 g/mol. The lowest BCUT2D eigenvalue weighted by Crippen LogP contribution is -2.66. The molecule has 0 aromatic heterocycles. The van der Waals surface area contributed by atoms with E-state index in [-0.39, 0.29) is 13.2 Å². The lowest BCUT2D eigenvalue weighted by molar-refractivity contribution is -0.374. The zero-order valence-electron chi connectivity index (χ0n) is 15.3. The van der Waals surface area contributed by atoms with Crippen molar-refractivity contribution in [3.05, 3.63) is 0 Å². The van der Waals surface area contributed by atoms with E-state index in [1.54, 1.807) is 0 Å². The van der Waals surface area contributed by atoms with Gasteiger partial charge in [-0.15, -0.1) is 0 Å². The molecule has 7 N–H and O–H groups in total. The van der Waals surface area contributed by atoms with E-state index in [1.807, 2.05) is 0 Å². The van der Waals surface area contributed by atoms with Crippen LogP contribution in [0.15, 0.2) is 0 Å². The van der Waals surface area contributed by atoms with Gasteiger partial charge < -0.3 is 55.2 Å². The molecule has 1 amide bonds. The van der Waals surface area contributed by atoms with Crippen molar-refractivity contribution in [2.45, 2.75) is 75.4 Å². The average Bonchev–Trinajstić information content (AvgIpc) is 2.64. The minimum absolute atomic E-state index is 0.0256. The molecule has 0 bridgehead atoms. The Balaban J connectivity index is 2.22. The molecule has 2 heterocycles. The van der Waals surface area contributed by atoms with Gasteiger partial charge in [0.15, 0.2) is 12.6 Å². The van der Waals surface area contributed by atoms with Gasteiger partial charge >= 0.3 is 0 Å². The predicted octanol–water partition coefficient (Wildman–Crippen LogP) is -4.15. The average molecular weight is 410 g/mol. The number of aliphatic hydroxyl groups excluding tert-OH is 4. The van der Waals surface area contributed by atoms with Gasteiger partial charge in [-0.25, -0.2) is 0 Å². The summed E-state index contributed by atoms with van der Waals surface area (Å²) >= 11 is 0. The number of ether oxygens (including phenoxy) is 5. The Labute approximate surface area is 160 Å². The van der Waals surface area contributed by atoms with Gasteiger partial charge in [-0.2, -0.15) is 0 Å². The Bertz CT molecular complexity index is 538. The molecule has 0 aromatic rings. The summed E-state index contributed by atoms with van der Waals surface area (Å²) in [6, 6.07) is -1.20. The SMILES string of the molecule is CC(=O)NC1[C@H](OC2[C@H](OCN)OC(OC=O)[C@@H](O)[C@@H]2O)OC(C)[C@@H](O)[C@@H]1O.